The standard InChI is InChI=1S/C22H25NO3/c1-22(2,3)21(24)17-15-23(18-10-6-5-9-16(17)18)13-14-26-20-12-8-7-11-19(20)25-4/h5-12,15H,13-14H2,1-4H3. The molecule has 0 fully saturated rings. The number of hydrogen-bond acceptors (Lipinski definition) is 3. The van der Waals surface area contributed by atoms with E-state index in [1.54, 1.807) is 7.11 Å². The Hall–Kier alpha value is -2.75. The van der Waals surface area contributed by atoms with Crippen LogP contribution in [0.25, 0.3) is 10.9 Å². The van der Waals surface area contributed by atoms with Crippen LogP contribution in [0, 0.1) is 5.41 Å². The molecule has 26 heavy (non-hydrogen) atoms. The van der Waals surface area contributed by atoms with Crippen LogP contribution in [-0.4, -0.2) is 24.1 Å². The highest BCUT2D eigenvalue weighted by atomic mass is 16.5. The van der Waals surface area contributed by atoms with Gasteiger partial charge in [-0.3, -0.25) is 4.79 Å². The van der Waals surface area contributed by atoms with Crippen LogP contribution in [0.1, 0.15) is 31.1 Å². The van der Waals surface area contributed by atoms with Crippen LogP contribution in [0.2, 0.25) is 0 Å². The molecule has 3 aromatic rings. The molecule has 1 heterocycles. The molecule has 0 amide bonds. The van der Waals surface area contributed by atoms with Crippen molar-refractivity contribution < 1.29 is 14.3 Å². The number of Topliss-reactive ketones (excluding diaryl/α,β-unsaturated/α-hetero) is 1. The Morgan fingerprint density at radius 2 is 1.65 bits per heavy atom. The van der Waals surface area contributed by atoms with Crippen LogP contribution < -0.4 is 9.47 Å². The molecular formula is C22H25NO3. The molecule has 0 saturated carbocycles. The number of para-hydroxylation sites is 3. The van der Waals surface area contributed by atoms with Gasteiger partial charge >= 0.3 is 0 Å². The van der Waals surface area contributed by atoms with E-state index in [0.29, 0.717) is 18.9 Å². The molecule has 0 saturated heterocycles. The van der Waals surface area contributed by atoms with Crippen molar-refractivity contribution in [3.05, 3.63) is 60.3 Å². The number of hydrogen-bond donors (Lipinski definition) is 0. The zero-order valence-corrected chi connectivity index (χ0v) is 15.8. The van der Waals surface area contributed by atoms with Crippen LogP contribution in [0.3, 0.4) is 0 Å². The zero-order chi connectivity index (χ0) is 18.7. The van der Waals surface area contributed by atoms with Gasteiger partial charge in [-0.1, -0.05) is 51.1 Å². The van der Waals surface area contributed by atoms with Gasteiger partial charge in [-0.2, -0.15) is 0 Å². The number of carbonyl (C=O) groups is 1. The van der Waals surface area contributed by atoms with Gasteiger partial charge < -0.3 is 14.0 Å². The van der Waals surface area contributed by atoms with E-state index in [1.165, 1.54) is 0 Å². The number of aromatic nitrogens is 1. The van der Waals surface area contributed by atoms with Gasteiger partial charge in [-0.05, 0) is 18.2 Å². The summed E-state index contributed by atoms with van der Waals surface area (Å²) in [5.74, 6) is 1.59. The zero-order valence-electron chi connectivity index (χ0n) is 15.8. The number of ketones is 1. The van der Waals surface area contributed by atoms with Gasteiger partial charge in [0.15, 0.2) is 17.3 Å². The van der Waals surface area contributed by atoms with Crippen LogP contribution >= 0.6 is 0 Å². The molecular weight excluding hydrogens is 326 g/mol. The molecule has 2 aromatic carbocycles. The lowest BCUT2D eigenvalue weighted by Crippen LogP contribution is -2.20. The molecule has 0 aliphatic carbocycles. The van der Waals surface area contributed by atoms with Crippen LogP contribution in [-0.2, 0) is 6.54 Å². The van der Waals surface area contributed by atoms with Crippen molar-refractivity contribution in [2.75, 3.05) is 13.7 Å². The Labute approximate surface area is 154 Å². The Kier molecular flexibility index (Phi) is 5.03. The van der Waals surface area contributed by atoms with E-state index in [0.717, 1.165) is 22.2 Å². The van der Waals surface area contributed by atoms with Crippen LogP contribution in [0.4, 0.5) is 0 Å². The highest BCUT2D eigenvalue weighted by Crippen LogP contribution is 2.29. The summed E-state index contributed by atoms with van der Waals surface area (Å²) in [7, 11) is 1.63. The summed E-state index contributed by atoms with van der Waals surface area (Å²) in [4.78, 5) is 12.8. The molecule has 0 atom stereocenters. The molecule has 0 aliphatic heterocycles. The van der Waals surface area contributed by atoms with Gasteiger partial charge in [-0.15, -0.1) is 0 Å². The first kappa shape index (κ1) is 18.1. The van der Waals surface area contributed by atoms with E-state index in [4.69, 9.17) is 9.47 Å². The predicted octanol–water partition coefficient (Wildman–Crippen LogP) is 4.96. The van der Waals surface area contributed by atoms with Gasteiger partial charge in [-0.25, -0.2) is 0 Å². The third-order valence-corrected chi connectivity index (χ3v) is 4.37. The van der Waals surface area contributed by atoms with Crippen LogP contribution in [0.5, 0.6) is 11.5 Å². The summed E-state index contributed by atoms with van der Waals surface area (Å²) in [6.45, 7) is 6.99. The van der Waals surface area contributed by atoms with E-state index in [1.807, 2.05) is 75.5 Å². The van der Waals surface area contributed by atoms with Crippen molar-refractivity contribution in [2.24, 2.45) is 5.41 Å². The molecule has 3 rings (SSSR count). The monoisotopic (exact) mass is 351 g/mol. The molecule has 0 bridgehead atoms. The molecule has 0 N–H and O–H groups in total. The number of rotatable bonds is 6. The minimum absolute atomic E-state index is 0.151. The van der Waals surface area contributed by atoms with Gasteiger partial charge in [0, 0.05) is 28.1 Å². The highest BCUT2D eigenvalue weighted by Gasteiger charge is 2.26. The molecule has 4 nitrogen and oxygen atoms in total. The fourth-order valence-electron chi connectivity index (χ4n) is 3.01. The largest absolute Gasteiger partial charge is 0.493 e. The lowest BCUT2D eigenvalue weighted by atomic mass is 9.86. The molecule has 0 unspecified atom stereocenters. The fraction of sp³-hybridized carbons (Fsp3) is 0.318. The molecule has 0 spiro atoms. The second-order valence-corrected chi connectivity index (χ2v) is 7.33. The predicted molar refractivity (Wildman–Crippen MR) is 104 cm³/mol. The Bertz CT molecular complexity index is 919. The number of benzene rings is 2. The van der Waals surface area contributed by atoms with Gasteiger partial charge in [0.2, 0.25) is 0 Å². The van der Waals surface area contributed by atoms with E-state index in [-0.39, 0.29) is 5.78 Å². The lowest BCUT2D eigenvalue weighted by Gasteiger charge is -2.15. The third kappa shape index (κ3) is 3.59. The summed E-state index contributed by atoms with van der Waals surface area (Å²) >= 11 is 0. The number of carbonyl (C=O) groups excluding carboxylic acids is 1. The molecule has 136 valence electrons. The Morgan fingerprint density at radius 1 is 1.00 bits per heavy atom. The van der Waals surface area contributed by atoms with E-state index in [9.17, 15) is 4.79 Å². The molecule has 1 aromatic heterocycles. The minimum atomic E-state index is -0.414. The number of ether oxygens (including phenoxy) is 2. The number of nitrogens with zero attached hydrogens (tertiary/aromatic N) is 1. The fourth-order valence-corrected chi connectivity index (χ4v) is 3.01. The first-order chi connectivity index (χ1) is 12.4. The topological polar surface area (TPSA) is 40.5 Å². The first-order valence-corrected chi connectivity index (χ1v) is 8.80. The normalized spacial score (nSPS) is 11.5. The minimum Gasteiger partial charge on any atom is -0.493 e. The summed E-state index contributed by atoms with van der Waals surface area (Å²) < 4.78 is 13.3. The SMILES string of the molecule is COc1ccccc1OCCn1cc(C(=O)C(C)(C)C)c2ccccc21. The van der Waals surface area contributed by atoms with Gasteiger partial charge in [0.25, 0.3) is 0 Å². The summed E-state index contributed by atoms with van der Waals surface area (Å²) in [5, 5.41) is 0.990. The highest BCUT2D eigenvalue weighted by molar-refractivity contribution is 6.10. The summed E-state index contributed by atoms with van der Waals surface area (Å²) in [5.41, 5.74) is 1.40. The maximum Gasteiger partial charge on any atom is 0.170 e. The maximum atomic E-state index is 12.8. The van der Waals surface area contributed by atoms with Crippen molar-refractivity contribution in [1.82, 2.24) is 4.57 Å². The van der Waals surface area contributed by atoms with E-state index in [2.05, 4.69) is 4.57 Å². The second-order valence-electron chi connectivity index (χ2n) is 7.33. The quantitative estimate of drug-likeness (QED) is 0.590. The lowest BCUT2D eigenvalue weighted by molar-refractivity contribution is 0.0860. The average molecular weight is 351 g/mol. The van der Waals surface area contributed by atoms with E-state index >= 15 is 0 Å². The van der Waals surface area contributed by atoms with Gasteiger partial charge in [0.1, 0.15) is 6.61 Å². The molecule has 0 aliphatic rings. The average Bonchev–Trinajstić information content (AvgIpc) is 2.99. The van der Waals surface area contributed by atoms with Crippen molar-refractivity contribution >= 4 is 16.7 Å². The Morgan fingerprint density at radius 3 is 2.35 bits per heavy atom. The number of methoxy groups -OCH3 is 1. The number of fused-ring (bicyclic) bond motifs is 1. The molecule has 0 radical (unpaired) electrons. The van der Waals surface area contributed by atoms with E-state index < -0.39 is 5.41 Å². The smallest absolute Gasteiger partial charge is 0.170 e. The van der Waals surface area contributed by atoms with Crippen molar-refractivity contribution in [1.29, 1.82) is 0 Å². The van der Waals surface area contributed by atoms with Crippen molar-refractivity contribution in [2.45, 2.75) is 27.3 Å². The maximum absolute atomic E-state index is 12.8. The molecule has 4 heteroatoms. The van der Waals surface area contributed by atoms with Crippen molar-refractivity contribution in [3.8, 4) is 11.5 Å². The second kappa shape index (κ2) is 7.24. The summed E-state index contributed by atoms with van der Waals surface area (Å²) in [6, 6.07) is 15.6. The summed E-state index contributed by atoms with van der Waals surface area (Å²) in [6.07, 6.45) is 1.95. The van der Waals surface area contributed by atoms with Crippen molar-refractivity contribution in [3.63, 3.8) is 0 Å². The first-order valence-electron chi connectivity index (χ1n) is 8.80. The Balaban J connectivity index is 1.83. The van der Waals surface area contributed by atoms with Gasteiger partial charge in [0.05, 0.1) is 13.7 Å². The van der Waals surface area contributed by atoms with Crippen LogP contribution in [0.15, 0.2) is 54.7 Å². The third-order valence-electron chi connectivity index (χ3n) is 4.37.